The highest BCUT2D eigenvalue weighted by atomic mass is 16.2. The van der Waals surface area contributed by atoms with Gasteiger partial charge in [-0.05, 0) is 47.5 Å². The number of anilines is 1. The molecular formula is C40H22N4O2. The van der Waals surface area contributed by atoms with E-state index in [9.17, 15) is 14.9 Å². The lowest BCUT2D eigenvalue weighted by atomic mass is 9.99. The number of carbonyl (C=O) groups is 2. The average Bonchev–Trinajstić information content (AvgIpc) is 3.59. The Morgan fingerprint density at radius 2 is 1.15 bits per heavy atom. The van der Waals surface area contributed by atoms with Crippen LogP contribution in [-0.4, -0.2) is 16.4 Å². The third-order valence-corrected chi connectivity index (χ3v) is 8.59. The standard InChI is InChI=1S/C40H22N4O2/c1-42-28-22-20-27(21-23-28)31-11-6-13-33-32-12-5-10-30(26-18-16-25(24-41)17-19-26)37(32)44(38(31)33)35-15-7-14-34-36(35)40(46)43(39(34)45)29-8-3-2-4-9-29/h2-23H. The van der Waals surface area contributed by atoms with Crippen molar-refractivity contribution in [2.75, 3.05) is 4.90 Å². The van der Waals surface area contributed by atoms with Gasteiger partial charge in [0.25, 0.3) is 11.8 Å². The molecule has 0 saturated heterocycles. The molecule has 0 spiro atoms. The fourth-order valence-corrected chi connectivity index (χ4v) is 6.53. The summed E-state index contributed by atoms with van der Waals surface area (Å²) in [6.45, 7) is 7.42. The second-order valence-electron chi connectivity index (χ2n) is 11.1. The summed E-state index contributed by atoms with van der Waals surface area (Å²) in [6, 6.07) is 43.8. The lowest BCUT2D eigenvalue weighted by Crippen LogP contribution is -2.29. The van der Waals surface area contributed by atoms with Crippen LogP contribution in [0.25, 0.3) is 54.6 Å². The second-order valence-corrected chi connectivity index (χ2v) is 11.1. The van der Waals surface area contributed by atoms with E-state index in [1.54, 1.807) is 42.5 Å². The molecule has 7 aromatic rings. The predicted octanol–water partition coefficient (Wildman–Crippen LogP) is 9.34. The predicted molar refractivity (Wildman–Crippen MR) is 180 cm³/mol. The number of nitriles is 1. The molecule has 0 N–H and O–H groups in total. The first-order valence-corrected chi connectivity index (χ1v) is 14.7. The van der Waals surface area contributed by atoms with Gasteiger partial charge in [0.15, 0.2) is 5.69 Å². The molecule has 1 aromatic heterocycles. The van der Waals surface area contributed by atoms with Crippen molar-refractivity contribution in [2.45, 2.75) is 0 Å². The quantitative estimate of drug-likeness (QED) is 0.151. The summed E-state index contributed by atoms with van der Waals surface area (Å²) in [5.74, 6) is -0.748. The molecular weight excluding hydrogens is 568 g/mol. The Labute approximate surface area is 264 Å². The van der Waals surface area contributed by atoms with Crippen molar-refractivity contribution in [1.82, 2.24) is 4.57 Å². The molecule has 0 bridgehead atoms. The van der Waals surface area contributed by atoms with E-state index in [2.05, 4.69) is 27.6 Å². The Kier molecular flexibility index (Phi) is 6.10. The molecule has 46 heavy (non-hydrogen) atoms. The third kappa shape index (κ3) is 3.95. The van der Waals surface area contributed by atoms with Gasteiger partial charge in [-0.25, -0.2) is 9.74 Å². The highest BCUT2D eigenvalue weighted by Gasteiger charge is 2.39. The van der Waals surface area contributed by atoms with Gasteiger partial charge < -0.3 is 4.57 Å². The van der Waals surface area contributed by atoms with E-state index < -0.39 is 0 Å². The number of rotatable bonds is 4. The van der Waals surface area contributed by atoms with E-state index in [1.165, 1.54) is 4.90 Å². The number of hydrogen-bond acceptors (Lipinski definition) is 3. The van der Waals surface area contributed by atoms with Crippen molar-refractivity contribution in [3.8, 4) is 34.0 Å². The molecule has 0 fully saturated rings. The summed E-state index contributed by atoms with van der Waals surface area (Å²) < 4.78 is 2.11. The van der Waals surface area contributed by atoms with Crippen LogP contribution in [0.15, 0.2) is 133 Å². The topological polar surface area (TPSA) is 70.5 Å². The third-order valence-electron chi connectivity index (χ3n) is 8.59. The normalized spacial score (nSPS) is 12.3. The zero-order chi connectivity index (χ0) is 31.4. The molecule has 6 heteroatoms. The summed E-state index contributed by atoms with van der Waals surface area (Å²) in [7, 11) is 0. The van der Waals surface area contributed by atoms with Crippen molar-refractivity contribution in [3.05, 3.63) is 162 Å². The Hall–Kier alpha value is -6.76. The highest BCUT2D eigenvalue weighted by molar-refractivity contribution is 6.36. The van der Waals surface area contributed by atoms with Crippen LogP contribution < -0.4 is 4.90 Å². The van der Waals surface area contributed by atoms with E-state index in [4.69, 9.17) is 6.57 Å². The number of fused-ring (bicyclic) bond motifs is 4. The van der Waals surface area contributed by atoms with E-state index in [-0.39, 0.29) is 11.8 Å². The van der Waals surface area contributed by atoms with Crippen LogP contribution in [-0.2, 0) is 0 Å². The molecule has 1 aliphatic rings. The molecule has 1 aliphatic heterocycles. The van der Waals surface area contributed by atoms with Crippen molar-refractivity contribution < 1.29 is 9.59 Å². The highest BCUT2D eigenvalue weighted by Crippen LogP contribution is 2.44. The minimum absolute atomic E-state index is 0.336. The Balaban J connectivity index is 1.49. The van der Waals surface area contributed by atoms with Crippen molar-refractivity contribution in [3.63, 3.8) is 0 Å². The van der Waals surface area contributed by atoms with Crippen LogP contribution >= 0.6 is 0 Å². The Morgan fingerprint density at radius 3 is 1.74 bits per heavy atom. The zero-order valence-electron chi connectivity index (χ0n) is 24.3. The number of imide groups is 1. The number of para-hydroxylation sites is 3. The fourth-order valence-electron chi connectivity index (χ4n) is 6.53. The van der Waals surface area contributed by atoms with Crippen LogP contribution in [0, 0.1) is 17.9 Å². The first-order chi connectivity index (χ1) is 22.6. The van der Waals surface area contributed by atoms with Crippen LogP contribution in [0.2, 0.25) is 0 Å². The van der Waals surface area contributed by atoms with Gasteiger partial charge >= 0.3 is 0 Å². The van der Waals surface area contributed by atoms with Crippen LogP contribution in [0.4, 0.5) is 11.4 Å². The first-order valence-electron chi connectivity index (χ1n) is 14.7. The van der Waals surface area contributed by atoms with Gasteiger partial charge in [0.1, 0.15) is 0 Å². The Morgan fingerprint density at radius 1 is 0.587 bits per heavy atom. The SMILES string of the molecule is [C-]#[N+]c1ccc(-c2cccc3c4cccc(-c5ccc(C#N)cc5)c4n(-c4cccc5c4C(=O)N(c4ccccc4)C5=O)c23)cc1. The van der Waals surface area contributed by atoms with Gasteiger partial charge in [0.05, 0.1) is 51.7 Å². The zero-order valence-corrected chi connectivity index (χ0v) is 24.3. The smallest absolute Gasteiger partial charge is 0.268 e. The summed E-state index contributed by atoms with van der Waals surface area (Å²) in [5.41, 5.74) is 8.33. The molecule has 214 valence electrons. The maximum Gasteiger partial charge on any atom is 0.268 e. The van der Waals surface area contributed by atoms with Gasteiger partial charge in [-0.3, -0.25) is 9.59 Å². The molecule has 6 aromatic carbocycles. The maximum absolute atomic E-state index is 14.3. The molecule has 2 amide bonds. The van der Waals surface area contributed by atoms with Gasteiger partial charge in [-0.2, -0.15) is 5.26 Å². The van der Waals surface area contributed by atoms with Crippen LogP contribution in [0.5, 0.6) is 0 Å². The molecule has 6 nitrogen and oxygen atoms in total. The summed E-state index contributed by atoms with van der Waals surface area (Å²) >= 11 is 0. The van der Waals surface area contributed by atoms with E-state index in [1.807, 2.05) is 78.9 Å². The van der Waals surface area contributed by atoms with Gasteiger partial charge in [-0.1, -0.05) is 97.1 Å². The minimum Gasteiger partial charge on any atom is -0.307 e. The number of amides is 2. The summed E-state index contributed by atoms with van der Waals surface area (Å²) in [4.78, 5) is 32.9. The van der Waals surface area contributed by atoms with Crippen molar-refractivity contribution in [1.29, 1.82) is 5.26 Å². The van der Waals surface area contributed by atoms with Gasteiger partial charge in [0, 0.05) is 21.9 Å². The second kappa shape index (κ2) is 10.4. The van der Waals surface area contributed by atoms with E-state index in [0.29, 0.717) is 33.8 Å². The molecule has 8 rings (SSSR count). The fraction of sp³-hybridized carbons (Fsp3) is 0. The first kappa shape index (κ1) is 26.8. The molecule has 0 saturated carbocycles. The molecule has 2 heterocycles. The minimum atomic E-state index is -0.383. The van der Waals surface area contributed by atoms with Crippen LogP contribution in [0.1, 0.15) is 26.3 Å². The molecule has 0 unspecified atom stereocenters. The number of benzene rings is 6. The maximum atomic E-state index is 14.3. The lowest BCUT2D eigenvalue weighted by Gasteiger charge is -2.17. The van der Waals surface area contributed by atoms with Gasteiger partial charge in [-0.15, -0.1) is 0 Å². The van der Waals surface area contributed by atoms with Crippen LogP contribution in [0.3, 0.4) is 0 Å². The van der Waals surface area contributed by atoms with E-state index >= 15 is 0 Å². The number of nitrogens with zero attached hydrogens (tertiary/aromatic N) is 4. The van der Waals surface area contributed by atoms with Gasteiger partial charge in [0.2, 0.25) is 0 Å². The number of aromatic nitrogens is 1. The summed E-state index contributed by atoms with van der Waals surface area (Å²) in [6.07, 6.45) is 0. The van der Waals surface area contributed by atoms with E-state index in [0.717, 1.165) is 44.1 Å². The lowest BCUT2D eigenvalue weighted by molar-refractivity contribution is 0.0926. The van der Waals surface area contributed by atoms with Crippen molar-refractivity contribution >= 4 is 45.0 Å². The Bertz CT molecular complexity index is 2350. The molecule has 0 radical (unpaired) electrons. The van der Waals surface area contributed by atoms with Crippen molar-refractivity contribution in [2.24, 2.45) is 0 Å². The monoisotopic (exact) mass is 590 g/mol. The largest absolute Gasteiger partial charge is 0.307 e. The molecule has 0 atom stereocenters. The number of hydrogen-bond donors (Lipinski definition) is 0. The molecule has 0 aliphatic carbocycles. The average molecular weight is 591 g/mol. The summed E-state index contributed by atoms with van der Waals surface area (Å²) in [5, 5.41) is 11.4. The number of carbonyl (C=O) groups excluding carboxylic acids is 2.